The van der Waals surface area contributed by atoms with Crippen LogP contribution in [0, 0.1) is 0 Å². The minimum atomic E-state index is -0.510. The van der Waals surface area contributed by atoms with E-state index in [0.717, 1.165) is 32.5 Å². The van der Waals surface area contributed by atoms with Gasteiger partial charge >= 0.3 is 0 Å². The Bertz CT molecular complexity index is 334. The van der Waals surface area contributed by atoms with Crippen LogP contribution >= 0.6 is 0 Å². The SMILES string of the molecule is CNCC1(O)CCN(Cc2ccncc2)CC1. The van der Waals surface area contributed by atoms with E-state index < -0.39 is 5.60 Å². The van der Waals surface area contributed by atoms with Gasteiger partial charge < -0.3 is 10.4 Å². The molecule has 17 heavy (non-hydrogen) atoms. The molecule has 4 nitrogen and oxygen atoms in total. The summed E-state index contributed by atoms with van der Waals surface area (Å²) in [6.45, 7) is 3.56. The number of piperidine rings is 1. The highest BCUT2D eigenvalue weighted by Gasteiger charge is 2.31. The highest BCUT2D eigenvalue weighted by molar-refractivity contribution is 5.09. The van der Waals surface area contributed by atoms with Crippen molar-refractivity contribution in [1.82, 2.24) is 15.2 Å². The van der Waals surface area contributed by atoms with Gasteiger partial charge in [-0.05, 0) is 37.6 Å². The lowest BCUT2D eigenvalue weighted by Crippen LogP contribution is -2.49. The van der Waals surface area contributed by atoms with Crippen molar-refractivity contribution in [1.29, 1.82) is 0 Å². The fraction of sp³-hybridized carbons (Fsp3) is 0.615. The highest BCUT2D eigenvalue weighted by Crippen LogP contribution is 2.22. The van der Waals surface area contributed by atoms with Crippen LogP contribution in [-0.4, -0.2) is 47.3 Å². The largest absolute Gasteiger partial charge is 0.388 e. The van der Waals surface area contributed by atoms with Gasteiger partial charge in [0.15, 0.2) is 0 Å². The molecule has 1 saturated heterocycles. The van der Waals surface area contributed by atoms with Crippen molar-refractivity contribution in [2.45, 2.75) is 25.0 Å². The van der Waals surface area contributed by atoms with E-state index in [-0.39, 0.29) is 0 Å². The van der Waals surface area contributed by atoms with E-state index in [1.54, 1.807) is 0 Å². The third-order valence-electron chi connectivity index (χ3n) is 3.45. The smallest absolute Gasteiger partial charge is 0.0795 e. The highest BCUT2D eigenvalue weighted by atomic mass is 16.3. The van der Waals surface area contributed by atoms with Crippen LogP contribution in [0.3, 0.4) is 0 Å². The lowest BCUT2D eigenvalue weighted by molar-refractivity contribution is -0.0203. The zero-order valence-electron chi connectivity index (χ0n) is 10.4. The number of likely N-dealkylation sites (tertiary alicyclic amines) is 1. The van der Waals surface area contributed by atoms with Crippen molar-refractivity contribution in [3.8, 4) is 0 Å². The third-order valence-corrected chi connectivity index (χ3v) is 3.45. The van der Waals surface area contributed by atoms with Gasteiger partial charge in [-0.1, -0.05) is 0 Å². The molecule has 1 aromatic rings. The quantitative estimate of drug-likeness (QED) is 0.803. The van der Waals surface area contributed by atoms with Gasteiger partial charge in [-0.3, -0.25) is 9.88 Å². The lowest BCUT2D eigenvalue weighted by atomic mass is 9.91. The van der Waals surface area contributed by atoms with Crippen molar-refractivity contribution < 1.29 is 5.11 Å². The standard InChI is InChI=1S/C13H21N3O/c1-14-11-13(17)4-8-16(9-5-13)10-12-2-6-15-7-3-12/h2-3,6-7,14,17H,4-5,8-11H2,1H3. The van der Waals surface area contributed by atoms with Crippen LogP contribution in [0.15, 0.2) is 24.5 Å². The van der Waals surface area contributed by atoms with Crippen LogP contribution in [0.5, 0.6) is 0 Å². The first kappa shape index (κ1) is 12.5. The molecule has 1 aromatic heterocycles. The average Bonchev–Trinajstić information content (AvgIpc) is 2.34. The van der Waals surface area contributed by atoms with Crippen LogP contribution in [0.4, 0.5) is 0 Å². The molecule has 1 fully saturated rings. The minimum absolute atomic E-state index is 0.510. The summed E-state index contributed by atoms with van der Waals surface area (Å²) in [6, 6.07) is 4.10. The summed E-state index contributed by atoms with van der Waals surface area (Å²) in [5.41, 5.74) is 0.780. The van der Waals surface area contributed by atoms with Crippen LogP contribution in [0.25, 0.3) is 0 Å². The Kier molecular flexibility index (Phi) is 4.10. The number of pyridine rings is 1. The Morgan fingerprint density at radius 3 is 2.59 bits per heavy atom. The van der Waals surface area contributed by atoms with Gasteiger partial charge in [-0.15, -0.1) is 0 Å². The van der Waals surface area contributed by atoms with Gasteiger partial charge in [-0.2, -0.15) is 0 Å². The summed E-state index contributed by atoms with van der Waals surface area (Å²) < 4.78 is 0. The number of likely N-dealkylation sites (N-methyl/N-ethyl adjacent to an activating group) is 1. The van der Waals surface area contributed by atoms with E-state index in [1.807, 2.05) is 19.4 Å². The summed E-state index contributed by atoms with van der Waals surface area (Å²) >= 11 is 0. The van der Waals surface area contributed by atoms with E-state index in [2.05, 4.69) is 27.3 Å². The summed E-state index contributed by atoms with van der Waals surface area (Å²) in [5, 5.41) is 13.3. The van der Waals surface area contributed by atoms with E-state index in [0.29, 0.717) is 6.54 Å². The van der Waals surface area contributed by atoms with Gasteiger partial charge in [-0.25, -0.2) is 0 Å². The van der Waals surface area contributed by atoms with E-state index >= 15 is 0 Å². The molecule has 0 aliphatic carbocycles. The maximum absolute atomic E-state index is 10.3. The first-order valence-corrected chi connectivity index (χ1v) is 6.20. The molecule has 0 saturated carbocycles. The molecule has 4 heteroatoms. The molecule has 0 amide bonds. The van der Waals surface area contributed by atoms with Crippen molar-refractivity contribution in [2.75, 3.05) is 26.7 Å². The second-order valence-electron chi connectivity index (χ2n) is 4.89. The molecule has 2 N–H and O–H groups in total. The van der Waals surface area contributed by atoms with Crippen molar-refractivity contribution in [3.05, 3.63) is 30.1 Å². The number of aliphatic hydroxyl groups is 1. The number of hydrogen-bond acceptors (Lipinski definition) is 4. The van der Waals surface area contributed by atoms with E-state index in [9.17, 15) is 5.11 Å². The van der Waals surface area contributed by atoms with Crippen LogP contribution in [-0.2, 0) is 6.54 Å². The maximum atomic E-state index is 10.3. The molecular weight excluding hydrogens is 214 g/mol. The maximum Gasteiger partial charge on any atom is 0.0795 e. The molecule has 2 heterocycles. The first-order chi connectivity index (χ1) is 8.22. The fourth-order valence-electron chi connectivity index (χ4n) is 2.38. The zero-order chi connectivity index (χ0) is 12.1. The molecule has 0 aromatic carbocycles. The van der Waals surface area contributed by atoms with Crippen LogP contribution in [0.2, 0.25) is 0 Å². The normalized spacial score (nSPS) is 20.4. The predicted molar refractivity (Wildman–Crippen MR) is 67.6 cm³/mol. The number of hydrogen-bond donors (Lipinski definition) is 2. The minimum Gasteiger partial charge on any atom is -0.388 e. The first-order valence-electron chi connectivity index (χ1n) is 6.20. The molecule has 1 aliphatic rings. The Hall–Kier alpha value is -0.970. The number of nitrogens with zero attached hydrogens (tertiary/aromatic N) is 2. The Morgan fingerprint density at radius 2 is 2.00 bits per heavy atom. The topological polar surface area (TPSA) is 48.4 Å². The van der Waals surface area contributed by atoms with Crippen molar-refractivity contribution in [3.63, 3.8) is 0 Å². The molecule has 94 valence electrons. The molecule has 1 aliphatic heterocycles. The van der Waals surface area contributed by atoms with Crippen molar-refractivity contribution >= 4 is 0 Å². The summed E-state index contributed by atoms with van der Waals surface area (Å²) in [6.07, 6.45) is 5.35. The zero-order valence-corrected chi connectivity index (χ0v) is 10.4. The van der Waals surface area contributed by atoms with Crippen LogP contribution < -0.4 is 5.32 Å². The van der Waals surface area contributed by atoms with Gasteiger partial charge in [0, 0.05) is 38.6 Å². The Balaban J connectivity index is 1.83. The molecule has 0 spiro atoms. The molecular formula is C13H21N3O. The number of rotatable bonds is 4. The number of aromatic nitrogens is 1. The van der Waals surface area contributed by atoms with Gasteiger partial charge in [0.25, 0.3) is 0 Å². The fourth-order valence-corrected chi connectivity index (χ4v) is 2.38. The predicted octanol–water partition coefficient (Wildman–Crippen LogP) is 0.628. The van der Waals surface area contributed by atoms with Gasteiger partial charge in [0.1, 0.15) is 0 Å². The van der Waals surface area contributed by atoms with Gasteiger partial charge in [0.05, 0.1) is 5.60 Å². The van der Waals surface area contributed by atoms with E-state index in [1.165, 1.54) is 5.56 Å². The van der Waals surface area contributed by atoms with Crippen LogP contribution in [0.1, 0.15) is 18.4 Å². The lowest BCUT2D eigenvalue weighted by Gasteiger charge is -2.38. The summed E-state index contributed by atoms with van der Waals surface area (Å²) in [7, 11) is 1.89. The van der Waals surface area contributed by atoms with Crippen molar-refractivity contribution in [2.24, 2.45) is 0 Å². The second-order valence-corrected chi connectivity index (χ2v) is 4.89. The number of nitrogens with one attached hydrogen (secondary N) is 1. The molecule has 0 bridgehead atoms. The molecule has 0 unspecified atom stereocenters. The molecule has 0 atom stereocenters. The third kappa shape index (κ3) is 3.49. The molecule has 2 rings (SSSR count). The average molecular weight is 235 g/mol. The second kappa shape index (κ2) is 5.58. The summed E-state index contributed by atoms with van der Waals surface area (Å²) in [5.74, 6) is 0. The summed E-state index contributed by atoms with van der Waals surface area (Å²) in [4.78, 5) is 6.41. The van der Waals surface area contributed by atoms with Gasteiger partial charge in [0.2, 0.25) is 0 Å². The molecule has 0 radical (unpaired) electrons. The van der Waals surface area contributed by atoms with E-state index in [4.69, 9.17) is 0 Å². The Morgan fingerprint density at radius 1 is 1.35 bits per heavy atom. The monoisotopic (exact) mass is 235 g/mol. The Labute approximate surface area is 103 Å².